The molecule has 0 saturated heterocycles. The molecule has 1 rings (SSSR count). The van der Waals surface area contributed by atoms with E-state index in [-0.39, 0.29) is 6.42 Å². The SMILES string of the molecule is C=C(C)C1=CC=C(C(F)(F)F)C(F)=CC1.CC. The Morgan fingerprint density at radius 2 is 1.76 bits per heavy atom. The maximum absolute atomic E-state index is 13.1. The summed E-state index contributed by atoms with van der Waals surface area (Å²) in [6.45, 7) is 9.27. The predicted octanol–water partition coefficient (Wildman–Crippen LogP) is 5.26. The van der Waals surface area contributed by atoms with Gasteiger partial charge >= 0.3 is 6.18 Å². The molecule has 0 atom stereocenters. The van der Waals surface area contributed by atoms with Crippen molar-refractivity contribution >= 4 is 0 Å². The molecule has 0 aromatic heterocycles. The van der Waals surface area contributed by atoms with Crippen LogP contribution in [0.1, 0.15) is 27.2 Å². The molecule has 1 aliphatic rings. The van der Waals surface area contributed by atoms with E-state index in [1.54, 1.807) is 6.92 Å². The van der Waals surface area contributed by atoms with Crippen LogP contribution in [0.25, 0.3) is 0 Å². The number of rotatable bonds is 1. The van der Waals surface area contributed by atoms with Crippen molar-refractivity contribution in [1.29, 1.82) is 0 Å². The van der Waals surface area contributed by atoms with Gasteiger partial charge in [0, 0.05) is 0 Å². The van der Waals surface area contributed by atoms with Crippen molar-refractivity contribution in [1.82, 2.24) is 0 Å². The fraction of sp³-hybridized carbons (Fsp3) is 0.385. The smallest absolute Gasteiger partial charge is 0.207 e. The third-order valence-electron chi connectivity index (χ3n) is 2.06. The number of hydrogen-bond acceptors (Lipinski definition) is 0. The van der Waals surface area contributed by atoms with Crippen LogP contribution in [-0.4, -0.2) is 6.18 Å². The molecular weight excluding hydrogens is 232 g/mol. The molecule has 0 saturated carbocycles. The second-order valence-electron chi connectivity index (χ2n) is 3.31. The summed E-state index contributed by atoms with van der Waals surface area (Å²) in [4.78, 5) is 0. The first-order valence-electron chi connectivity index (χ1n) is 5.32. The zero-order chi connectivity index (χ0) is 13.6. The lowest BCUT2D eigenvalue weighted by Crippen LogP contribution is -2.11. The lowest BCUT2D eigenvalue weighted by Gasteiger charge is -2.07. The zero-order valence-electron chi connectivity index (χ0n) is 10.2. The molecule has 0 nitrogen and oxygen atoms in total. The quantitative estimate of drug-likeness (QED) is 0.555. The van der Waals surface area contributed by atoms with E-state index in [0.29, 0.717) is 11.1 Å². The summed E-state index contributed by atoms with van der Waals surface area (Å²) in [5.74, 6) is -1.23. The van der Waals surface area contributed by atoms with Gasteiger partial charge in [0.2, 0.25) is 0 Å². The molecule has 0 aromatic carbocycles. The molecule has 0 spiro atoms. The molecular formula is C13H16F4. The van der Waals surface area contributed by atoms with E-state index in [0.717, 1.165) is 12.2 Å². The van der Waals surface area contributed by atoms with E-state index in [9.17, 15) is 17.6 Å². The lowest BCUT2D eigenvalue weighted by atomic mass is 10.1. The van der Waals surface area contributed by atoms with E-state index in [1.807, 2.05) is 13.8 Å². The molecule has 0 radical (unpaired) electrons. The minimum Gasteiger partial charge on any atom is -0.207 e. The fourth-order valence-corrected chi connectivity index (χ4v) is 1.19. The highest BCUT2D eigenvalue weighted by atomic mass is 19.4. The van der Waals surface area contributed by atoms with E-state index in [2.05, 4.69) is 6.58 Å². The molecule has 96 valence electrons. The molecule has 0 heterocycles. The second-order valence-corrected chi connectivity index (χ2v) is 3.31. The molecule has 0 aliphatic heterocycles. The largest absolute Gasteiger partial charge is 0.419 e. The predicted molar refractivity (Wildman–Crippen MR) is 62.2 cm³/mol. The summed E-state index contributed by atoms with van der Waals surface area (Å²) >= 11 is 0. The van der Waals surface area contributed by atoms with Crippen molar-refractivity contribution in [2.75, 3.05) is 0 Å². The van der Waals surface area contributed by atoms with Gasteiger partial charge in [-0.3, -0.25) is 0 Å². The summed E-state index contributed by atoms with van der Waals surface area (Å²) < 4.78 is 49.9. The van der Waals surface area contributed by atoms with Crippen molar-refractivity contribution in [3.05, 3.63) is 47.4 Å². The van der Waals surface area contributed by atoms with Crippen LogP contribution < -0.4 is 0 Å². The van der Waals surface area contributed by atoms with Crippen LogP contribution in [-0.2, 0) is 0 Å². The number of allylic oxidation sites excluding steroid dienone is 7. The Bertz CT molecular complexity index is 367. The second kappa shape index (κ2) is 6.42. The summed E-state index contributed by atoms with van der Waals surface area (Å²) in [5, 5.41) is 0. The van der Waals surface area contributed by atoms with Crippen molar-refractivity contribution in [3.63, 3.8) is 0 Å². The Labute approximate surface area is 99.0 Å². The van der Waals surface area contributed by atoms with E-state index in [4.69, 9.17) is 0 Å². The van der Waals surface area contributed by atoms with Gasteiger partial charge in [-0.25, -0.2) is 4.39 Å². The topological polar surface area (TPSA) is 0 Å². The Kier molecular flexibility index (Phi) is 5.93. The molecule has 0 amide bonds. The van der Waals surface area contributed by atoms with Crippen LogP contribution in [0.5, 0.6) is 0 Å². The first-order chi connectivity index (χ1) is 7.82. The summed E-state index contributed by atoms with van der Waals surface area (Å²) in [5.41, 5.74) is 0.00174. The van der Waals surface area contributed by atoms with Gasteiger partial charge in [0.15, 0.2) is 0 Å². The maximum Gasteiger partial charge on any atom is 0.419 e. The molecule has 0 aromatic rings. The normalized spacial score (nSPS) is 15.8. The average Bonchev–Trinajstić information content (AvgIpc) is 2.42. The third-order valence-corrected chi connectivity index (χ3v) is 2.06. The monoisotopic (exact) mass is 248 g/mol. The molecule has 0 bridgehead atoms. The van der Waals surface area contributed by atoms with Crippen LogP contribution in [0.4, 0.5) is 17.6 Å². The van der Waals surface area contributed by atoms with Gasteiger partial charge in [0.05, 0.1) is 5.57 Å². The van der Waals surface area contributed by atoms with Crippen molar-refractivity contribution in [2.45, 2.75) is 33.4 Å². The first kappa shape index (κ1) is 15.7. The van der Waals surface area contributed by atoms with Crippen LogP contribution in [0.3, 0.4) is 0 Å². The van der Waals surface area contributed by atoms with E-state index in [1.165, 1.54) is 6.08 Å². The Morgan fingerprint density at radius 3 is 2.18 bits per heavy atom. The van der Waals surface area contributed by atoms with Gasteiger partial charge in [-0.1, -0.05) is 32.1 Å². The number of alkyl halides is 3. The Morgan fingerprint density at radius 1 is 1.24 bits per heavy atom. The van der Waals surface area contributed by atoms with Gasteiger partial charge < -0.3 is 0 Å². The lowest BCUT2D eigenvalue weighted by molar-refractivity contribution is -0.0910. The van der Waals surface area contributed by atoms with Gasteiger partial charge in [0.25, 0.3) is 0 Å². The average molecular weight is 248 g/mol. The Balaban J connectivity index is 0.00000121. The van der Waals surface area contributed by atoms with Gasteiger partial charge in [-0.05, 0) is 31.1 Å². The van der Waals surface area contributed by atoms with Crippen LogP contribution in [0.15, 0.2) is 47.4 Å². The van der Waals surface area contributed by atoms with Crippen LogP contribution >= 0.6 is 0 Å². The van der Waals surface area contributed by atoms with E-state index < -0.39 is 17.6 Å². The molecule has 0 unspecified atom stereocenters. The highest BCUT2D eigenvalue weighted by molar-refractivity contribution is 5.42. The van der Waals surface area contributed by atoms with Gasteiger partial charge in [-0.15, -0.1) is 0 Å². The fourth-order valence-electron chi connectivity index (χ4n) is 1.19. The standard InChI is InChI=1S/C11H10F4.C2H6/c1-7(2)8-3-5-9(11(13,14)15)10(12)6-4-8;1-2/h3,5-6H,1,4H2,2H3;1-2H3. The number of hydrogen-bond donors (Lipinski definition) is 0. The summed E-state index contributed by atoms with van der Waals surface area (Å²) in [6, 6.07) is 0. The van der Waals surface area contributed by atoms with Crippen molar-refractivity contribution in [2.24, 2.45) is 0 Å². The molecule has 17 heavy (non-hydrogen) atoms. The summed E-state index contributed by atoms with van der Waals surface area (Å²) in [6.07, 6.45) is -1.58. The Hall–Kier alpha value is -1.32. The summed E-state index contributed by atoms with van der Waals surface area (Å²) in [7, 11) is 0. The number of halogens is 4. The van der Waals surface area contributed by atoms with Crippen molar-refractivity contribution in [3.8, 4) is 0 Å². The third kappa shape index (κ3) is 4.59. The molecule has 0 N–H and O–H groups in total. The zero-order valence-corrected chi connectivity index (χ0v) is 10.2. The highest BCUT2D eigenvalue weighted by Crippen LogP contribution is 2.34. The molecule has 4 heteroatoms. The maximum atomic E-state index is 13.1. The molecule has 0 fully saturated rings. The van der Waals surface area contributed by atoms with Gasteiger partial charge in [0.1, 0.15) is 5.83 Å². The van der Waals surface area contributed by atoms with E-state index >= 15 is 0 Å². The molecule has 1 aliphatic carbocycles. The van der Waals surface area contributed by atoms with Crippen molar-refractivity contribution < 1.29 is 17.6 Å². The first-order valence-corrected chi connectivity index (χ1v) is 5.32. The van der Waals surface area contributed by atoms with Gasteiger partial charge in [-0.2, -0.15) is 13.2 Å². The minimum absolute atomic E-state index is 0.136. The van der Waals surface area contributed by atoms with Crippen LogP contribution in [0.2, 0.25) is 0 Å². The highest BCUT2D eigenvalue weighted by Gasteiger charge is 2.36. The minimum atomic E-state index is -4.65. The van der Waals surface area contributed by atoms with Crippen LogP contribution in [0, 0.1) is 0 Å².